The minimum absolute atomic E-state index is 0.000768. The second-order valence-electron chi connectivity index (χ2n) is 11.6. The summed E-state index contributed by atoms with van der Waals surface area (Å²) in [6, 6.07) is 4.96. The maximum atomic E-state index is 12.4. The number of hydrogen-bond donors (Lipinski definition) is 5. The van der Waals surface area contributed by atoms with Crippen LogP contribution in [-0.2, 0) is 51.2 Å². The summed E-state index contributed by atoms with van der Waals surface area (Å²) in [4.78, 5) is 59.9. The zero-order valence-corrected chi connectivity index (χ0v) is 25.3. The minimum atomic E-state index is -1.87. The molecular weight excluding hydrogens is 596 g/mol. The molecule has 0 spiro atoms. The van der Waals surface area contributed by atoms with Crippen molar-refractivity contribution in [2.24, 2.45) is 5.41 Å². The Morgan fingerprint density at radius 3 is 2.33 bits per heavy atom. The van der Waals surface area contributed by atoms with Crippen LogP contribution in [0.2, 0.25) is 0 Å². The molecule has 45 heavy (non-hydrogen) atoms. The second kappa shape index (κ2) is 15.9. The summed E-state index contributed by atoms with van der Waals surface area (Å²) in [5.41, 5.74) is 0.437. The molecular formula is C30H40N2O13. The molecule has 0 bridgehead atoms. The van der Waals surface area contributed by atoms with Gasteiger partial charge in [0.05, 0.1) is 12.0 Å². The predicted molar refractivity (Wildman–Crippen MR) is 153 cm³/mol. The van der Waals surface area contributed by atoms with Crippen molar-refractivity contribution in [2.75, 3.05) is 26.3 Å². The number of aliphatic hydroxyl groups excluding tert-OH is 3. The van der Waals surface area contributed by atoms with Gasteiger partial charge in [0.2, 0.25) is 12.2 Å². The zero-order chi connectivity index (χ0) is 33.3. The predicted octanol–water partition coefficient (Wildman–Crippen LogP) is -0.573. The minimum Gasteiger partial charge on any atom is -0.479 e. The molecule has 1 aromatic rings. The first-order chi connectivity index (χ1) is 21.2. The number of rotatable bonds is 15. The topological polar surface area (TPSA) is 218 Å². The average Bonchev–Trinajstić information content (AvgIpc) is 3.30. The third-order valence-electron chi connectivity index (χ3n) is 6.94. The Labute approximate surface area is 259 Å². The van der Waals surface area contributed by atoms with Crippen molar-refractivity contribution in [1.29, 1.82) is 0 Å². The number of carbonyl (C=O) groups is 5. The average molecular weight is 637 g/mol. The van der Waals surface area contributed by atoms with Gasteiger partial charge in [-0.25, -0.2) is 4.79 Å². The second-order valence-corrected chi connectivity index (χ2v) is 11.6. The molecule has 1 fully saturated rings. The van der Waals surface area contributed by atoms with Crippen LogP contribution in [0.5, 0.6) is 5.75 Å². The highest BCUT2D eigenvalue weighted by molar-refractivity contribution is 6.13. The highest BCUT2D eigenvalue weighted by Crippen LogP contribution is 2.29. The van der Waals surface area contributed by atoms with E-state index in [2.05, 4.69) is 5.32 Å². The fourth-order valence-electron chi connectivity index (χ4n) is 4.35. The lowest BCUT2D eigenvalue weighted by Crippen LogP contribution is -2.61. The van der Waals surface area contributed by atoms with E-state index in [0.29, 0.717) is 25.0 Å². The van der Waals surface area contributed by atoms with Gasteiger partial charge >= 0.3 is 11.9 Å². The summed E-state index contributed by atoms with van der Waals surface area (Å²) in [5, 5.41) is 42.4. The molecule has 3 rings (SSSR count). The van der Waals surface area contributed by atoms with Crippen LogP contribution in [0, 0.1) is 5.41 Å². The quantitative estimate of drug-likeness (QED) is 0.0926. The maximum Gasteiger partial charge on any atom is 0.335 e. The smallest absolute Gasteiger partial charge is 0.335 e. The van der Waals surface area contributed by atoms with Crippen LogP contribution >= 0.6 is 0 Å². The van der Waals surface area contributed by atoms with E-state index in [1.54, 1.807) is 32.9 Å². The third-order valence-corrected chi connectivity index (χ3v) is 6.94. The van der Waals surface area contributed by atoms with Crippen molar-refractivity contribution < 1.29 is 63.3 Å². The number of esters is 1. The van der Waals surface area contributed by atoms with E-state index in [1.165, 1.54) is 6.07 Å². The van der Waals surface area contributed by atoms with E-state index < -0.39 is 59.9 Å². The van der Waals surface area contributed by atoms with Gasteiger partial charge in [-0.3, -0.25) is 24.1 Å². The van der Waals surface area contributed by atoms with E-state index >= 15 is 0 Å². The van der Waals surface area contributed by atoms with Gasteiger partial charge in [-0.15, -0.1) is 0 Å². The molecule has 1 saturated heterocycles. The summed E-state index contributed by atoms with van der Waals surface area (Å²) in [5.74, 6) is -3.12. The third kappa shape index (κ3) is 10.1. The van der Waals surface area contributed by atoms with Gasteiger partial charge in [0.1, 0.15) is 30.7 Å². The number of ether oxygens (including phenoxy) is 4. The molecule has 0 aliphatic carbocycles. The lowest BCUT2D eigenvalue weighted by Gasteiger charge is -2.38. The number of nitrogens with one attached hydrogen (secondary N) is 1. The first-order valence-electron chi connectivity index (χ1n) is 14.4. The summed E-state index contributed by atoms with van der Waals surface area (Å²) >= 11 is 0. The molecule has 0 saturated carbocycles. The van der Waals surface area contributed by atoms with Crippen LogP contribution in [-0.4, -0.2) is 112 Å². The monoisotopic (exact) mass is 636 g/mol. The first kappa shape index (κ1) is 35.6. The summed E-state index contributed by atoms with van der Waals surface area (Å²) in [6.07, 6.45) is -5.51. The van der Waals surface area contributed by atoms with Crippen LogP contribution < -0.4 is 10.1 Å². The normalized spacial score (nSPS) is 23.2. The zero-order valence-electron chi connectivity index (χ0n) is 25.3. The molecule has 2 aliphatic heterocycles. The van der Waals surface area contributed by atoms with Gasteiger partial charge in [-0.1, -0.05) is 6.07 Å². The Morgan fingerprint density at radius 2 is 1.69 bits per heavy atom. The SMILES string of the molecule is CC(C)(C)C(=O)OCc1cc(CCCOCCNC(=O)CCN2C(=O)C=CC2=O)ccc1O[C@@H]1O[C@H](C(=O)O)[C@@H](O)[C@H](O)[C@@H]1O. The Balaban J connectivity index is 1.51. The summed E-state index contributed by atoms with van der Waals surface area (Å²) in [6.45, 7) is 5.73. The van der Waals surface area contributed by atoms with Gasteiger partial charge < -0.3 is 44.7 Å². The van der Waals surface area contributed by atoms with Gasteiger partial charge in [0, 0.05) is 43.8 Å². The number of carbonyl (C=O) groups excluding carboxylic acids is 4. The number of aliphatic hydroxyl groups is 3. The molecule has 15 heteroatoms. The number of benzene rings is 1. The molecule has 3 amide bonds. The number of hydrogen-bond acceptors (Lipinski definition) is 12. The fraction of sp³-hybridized carbons (Fsp3) is 0.567. The largest absolute Gasteiger partial charge is 0.479 e. The van der Waals surface area contributed by atoms with E-state index in [1.807, 2.05) is 0 Å². The Bertz CT molecular complexity index is 1260. The van der Waals surface area contributed by atoms with E-state index in [4.69, 9.17) is 18.9 Å². The van der Waals surface area contributed by atoms with Crippen LogP contribution in [0.15, 0.2) is 30.4 Å². The van der Waals surface area contributed by atoms with Crippen molar-refractivity contribution in [2.45, 2.75) is 77.3 Å². The molecule has 1 aromatic carbocycles. The van der Waals surface area contributed by atoms with Crippen LogP contribution in [0.4, 0.5) is 0 Å². The number of carboxylic acids is 1. The number of amides is 3. The first-order valence-corrected chi connectivity index (χ1v) is 14.4. The molecule has 2 heterocycles. The number of carboxylic acid groups (broad SMARTS) is 1. The number of aryl methyl sites for hydroxylation is 1. The number of nitrogens with zero attached hydrogens (tertiary/aromatic N) is 1. The molecule has 15 nitrogen and oxygen atoms in total. The van der Waals surface area contributed by atoms with Gasteiger partial charge in [-0.2, -0.15) is 0 Å². The van der Waals surface area contributed by atoms with Crippen molar-refractivity contribution in [3.8, 4) is 5.75 Å². The fourth-order valence-corrected chi connectivity index (χ4v) is 4.35. The Hall–Kier alpha value is -3.89. The van der Waals surface area contributed by atoms with Gasteiger partial charge in [0.25, 0.3) is 11.8 Å². The van der Waals surface area contributed by atoms with E-state index in [0.717, 1.165) is 22.6 Å². The van der Waals surface area contributed by atoms with Crippen molar-refractivity contribution in [3.05, 3.63) is 41.5 Å². The van der Waals surface area contributed by atoms with Crippen molar-refractivity contribution in [1.82, 2.24) is 10.2 Å². The van der Waals surface area contributed by atoms with Gasteiger partial charge in [0.15, 0.2) is 6.10 Å². The van der Waals surface area contributed by atoms with Crippen molar-refractivity contribution >= 4 is 29.7 Å². The summed E-state index contributed by atoms with van der Waals surface area (Å²) in [7, 11) is 0. The molecule has 5 N–H and O–H groups in total. The molecule has 0 unspecified atom stereocenters. The standard InChI is InChI=1S/C30H40N2O13/c1-30(2,3)29(41)43-16-18-15-17(6-7-19(18)44-28-25(38)23(36)24(37)26(45-28)27(39)40)5-4-13-42-14-11-31-20(33)10-12-32-21(34)8-9-22(32)35/h6-9,15,23-26,28,36-38H,4-5,10-14,16H2,1-3H3,(H,31,33)(H,39,40)/t23-,24-,25-,26-,28+/m0/s1. The lowest BCUT2D eigenvalue weighted by atomic mass is 9.97. The molecule has 0 radical (unpaired) electrons. The number of imide groups is 1. The van der Waals surface area contributed by atoms with E-state index in [9.17, 15) is 44.4 Å². The van der Waals surface area contributed by atoms with Crippen LogP contribution in [0.3, 0.4) is 0 Å². The number of aliphatic carboxylic acids is 1. The Morgan fingerprint density at radius 1 is 1.00 bits per heavy atom. The molecule has 2 aliphatic rings. The van der Waals surface area contributed by atoms with Gasteiger partial charge in [-0.05, 0) is 51.3 Å². The molecule has 0 aromatic heterocycles. The van der Waals surface area contributed by atoms with E-state index in [-0.39, 0.29) is 44.4 Å². The van der Waals surface area contributed by atoms with Crippen LogP contribution in [0.25, 0.3) is 0 Å². The van der Waals surface area contributed by atoms with Crippen LogP contribution in [0.1, 0.15) is 44.7 Å². The highest BCUT2D eigenvalue weighted by atomic mass is 16.7. The van der Waals surface area contributed by atoms with Crippen molar-refractivity contribution in [3.63, 3.8) is 0 Å². The highest BCUT2D eigenvalue weighted by Gasteiger charge is 2.48. The maximum absolute atomic E-state index is 12.4. The molecule has 248 valence electrons. The summed E-state index contributed by atoms with van der Waals surface area (Å²) < 4.78 is 22.0. The Kier molecular flexibility index (Phi) is 12.6. The lowest BCUT2D eigenvalue weighted by molar-refractivity contribution is -0.271. The molecule has 5 atom stereocenters.